The average molecular weight is 266 g/mol. The number of ether oxygens (including phenoxy) is 1. The molecule has 1 amide bonds. The van der Waals surface area contributed by atoms with Gasteiger partial charge in [-0.1, -0.05) is 19.3 Å². The first-order chi connectivity index (χ1) is 9.14. The second kappa shape index (κ2) is 7.78. The highest BCUT2D eigenvalue weighted by atomic mass is 16.5. The second-order valence-electron chi connectivity index (χ2n) is 5.04. The molecule has 0 radical (unpaired) electrons. The van der Waals surface area contributed by atoms with E-state index in [9.17, 15) is 9.59 Å². The Hall–Kier alpha value is -1.57. The lowest BCUT2D eigenvalue weighted by molar-refractivity contribution is -0.140. The summed E-state index contributed by atoms with van der Waals surface area (Å²) in [6.07, 6.45) is 6.16. The van der Waals surface area contributed by atoms with Gasteiger partial charge in [0, 0.05) is 13.0 Å². The Balaban J connectivity index is 2.14. The number of rotatable bonds is 7. The van der Waals surface area contributed by atoms with Gasteiger partial charge in [-0.3, -0.25) is 9.59 Å². The predicted molar refractivity (Wildman–Crippen MR) is 70.0 cm³/mol. The van der Waals surface area contributed by atoms with E-state index in [0.29, 0.717) is 25.8 Å². The summed E-state index contributed by atoms with van der Waals surface area (Å²) in [7, 11) is 1.38. The van der Waals surface area contributed by atoms with E-state index in [-0.39, 0.29) is 11.9 Å². The Labute approximate surface area is 114 Å². The quantitative estimate of drug-likeness (QED) is 0.564. The minimum atomic E-state index is -0.786. The topological polar surface area (TPSA) is 79.2 Å². The van der Waals surface area contributed by atoms with Crippen molar-refractivity contribution >= 4 is 11.9 Å². The molecule has 0 atom stereocenters. The maximum absolute atomic E-state index is 12.0. The number of nitrogens with one attached hydrogen (secondary N) is 1. The molecule has 0 unspecified atom stereocenters. The summed E-state index contributed by atoms with van der Waals surface area (Å²) >= 11 is 0. The Morgan fingerprint density at radius 2 is 1.95 bits per heavy atom. The van der Waals surface area contributed by atoms with Gasteiger partial charge in [-0.05, 0) is 25.7 Å². The molecule has 106 valence electrons. The minimum Gasteiger partial charge on any atom is -0.469 e. The highest BCUT2D eigenvalue weighted by molar-refractivity contribution is 5.85. The fraction of sp³-hybridized carbons (Fsp3) is 0.786. The van der Waals surface area contributed by atoms with E-state index in [2.05, 4.69) is 16.1 Å². The van der Waals surface area contributed by atoms with Crippen molar-refractivity contribution in [3.05, 3.63) is 0 Å². The van der Waals surface area contributed by atoms with Crippen molar-refractivity contribution in [2.24, 2.45) is 5.41 Å². The van der Waals surface area contributed by atoms with E-state index in [1.54, 1.807) is 0 Å². The van der Waals surface area contributed by atoms with Crippen LogP contribution in [0.15, 0.2) is 0 Å². The normalized spacial score (nSPS) is 16.6. The monoisotopic (exact) mass is 266 g/mol. The molecule has 1 aliphatic rings. The van der Waals surface area contributed by atoms with Crippen molar-refractivity contribution < 1.29 is 14.3 Å². The van der Waals surface area contributed by atoms with E-state index >= 15 is 0 Å². The number of hydrogen-bond donors (Lipinski definition) is 1. The highest BCUT2D eigenvalue weighted by Crippen LogP contribution is 2.37. The van der Waals surface area contributed by atoms with E-state index in [1.165, 1.54) is 7.11 Å². The number of unbranched alkanes of at least 4 members (excludes halogenated alkanes) is 2. The van der Waals surface area contributed by atoms with E-state index in [1.807, 2.05) is 0 Å². The smallest absolute Gasteiger partial charge is 0.305 e. The number of esters is 1. The Morgan fingerprint density at radius 3 is 2.53 bits per heavy atom. The van der Waals surface area contributed by atoms with Crippen molar-refractivity contribution in [2.75, 3.05) is 13.7 Å². The number of amides is 1. The molecule has 0 aromatic carbocycles. The number of methoxy groups -OCH3 is 1. The molecule has 0 bridgehead atoms. The van der Waals surface area contributed by atoms with Gasteiger partial charge >= 0.3 is 5.97 Å². The molecule has 0 aliphatic heterocycles. The van der Waals surface area contributed by atoms with Gasteiger partial charge in [-0.15, -0.1) is 0 Å². The molecular weight excluding hydrogens is 244 g/mol. The summed E-state index contributed by atoms with van der Waals surface area (Å²) in [5.41, 5.74) is -0.786. The summed E-state index contributed by atoms with van der Waals surface area (Å²) in [5, 5.41) is 12.0. The van der Waals surface area contributed by atoms with Crippen molar-refractivity contribution in [2.45, 2.75) is 51.4 Å². The van der Waals surface area contributed by atoms with Gasteiger partial charge in [0.05, 0.1) is 13.2 Å². The molecule has 0 aromatic rings. The number of nitriles is 1. The molecule has 1 rings (SSSR count). The van der Waals surface area contributed by atoms with Crippen molar-refractivity contribution in [1.82, 2.24) is 5.32 Å². The summed E-state index contributed by atoms with van der Waals surface area (Å²) < 4.78 is 4.55. The van der Waals surface area contributed by atoms with E-state index < -0.39 is 5.41 Å². The largest absolute Gasteiger partial charge is 0.469 e. The SMILES string of the molecule is COC(=O)CCCCCNC(=O)C1(C#N)CCCC1. The molecule has 5 heteroatoms. The van der Waals surface area contributed by atoms with Gasteiger partial charge in [-0.2, -0.15) is 5.26 Å². The van der Waals surface area contributed by atoms with Gasteiger partial charge in [-0.25, -0.2) is 0 Å². The van der Waals surface area contributed by atoms with Crippen LogP contribution in [0, 0.1) is 16.7 Å². The zero-order valence-corrected chi connectivity index (χ0v) is 11.5. The standard InChI is InChI=1S/C14H22N2O3/c1-19-12(17)7-3-2-6-10-16-13(18)14(11-15)8-4-5-9-14/h2-10H2,1H3,(H,16,18). The van der Waals surface area contributed by atoms with Gasteiger partial charge in [0.15, 0.2) is 0 Å². The van der Waals surface area contributed by atoms with Crippen molar-refractivity contribution in [3.63, 3.8) is 0 Å². The molecule has 1 aliphatic carbocycles. The molecule has 1 fully saturated rings. The molecule has 0 aromatic heterocycles. The molecular formula is C14H22N2O3. The van der Waals surface area contributed by atoms with Crippen LogP contribution < -0.4 is 5.32 Å². The van der Waals surface area contributed by atoms with Gasteiger partial charge in [0.1, 0.15) is 5.41 Å². The van der Waals surface area contributed by atoms with Gasteiger partial charge < -0.3 is 10.1 Å². The maximum atomic E-state index is 12.0. The zero-order valence-electron chi connectivity index (χ0n) is 11.5. The molecule has 0 saturated heterocycles. The lowest BCUT2D eigenvalue weighted by Gasteiger charge is -2.19. The van der Waals surface area contributed by atoms with Crippen LogP contribution in [0.5, 0.6) is 0 Å². The lowest BCUT2D eigenvalue weighted by atomic mass is 9.87. The molecule has 0 spiro atoms. The molecule has 5 nitrogen and oxygen atoms in total. The van der Waals surface area contributed by atoms with Crippen LogP contribution in [0.1, 0.15) is 51.4 Å². The first-order valence-electron chi connectivity index (χ1n) is 6.91. The van der Waals surface area contributed by atoms with Crippen molar-refractivity contribution in [3.8, 4) is 6.07 Å². The fourth-order valence-electron chi connectivity index (χ4n) is 2.41. The summed E-state index contributed by atoms with van der Waals surface area (Å²) in [6, 6.07) is 2.18. The Morgan fingerprint density at radius 1 is 1.26 bits per heavy atom. The average Bonchev–Trinajstić information content (AvgIpc) is 2.92. The number of carbonyl (C=O) groups excluding carboxylic acids is 2. The van der Waals surface area contributed by atoms with Crippen LogP contribution in [0.2, 0.25) is 0 Å². The van der Waals surface area contributed by atoms with Crippen molar-refractivity contribution in [1.29, 1.82) is 5.26 Å². The lowest BCUT2D eigenvalue weighted by Crippen LogP contribution is -2.38. The predicted octanol–water partition coefficient (Wildman–Crippen LogP) is 1.92. The maximum Gasteiger partial charge on any atom is 0.305 e. The first kappa shape index (κ1) is 15.5. The van der Waals surface area contributed by atoms with Crippen LogP contribution in [-0.2, 0) is 14.3 Å². The third kappa shape index (κ3) is 4.55. The van der Waals surface area contributed by atoms with Crippen LogP contribution in [0.4, 0.5) is 0 Å². The number of carbonyl (C=O) groups is 2. The zero-order chi connectivity index (χ0) is 14.1. The molecule has 1 saturated carbocycles. The summed E-state index contributed by atoms with van der Waals surface area (Å²) in [4.78, 5) is 22.9. The van der Waals surface area contributed by atoms with Crippen LogP contribution in [0.3, 0.4) is 0 Å². The number of hydrogen-bond acceptors (Lipinski definition) is 4. The first-order valence-corrected chi connectivity index (χ1v) is 6.91. The third-order valence-electron chi connectivity index (χ3n) is 3.68. The second-order valence-corrected chi connectivity index (χ2v) is 5.04. The Bertz CT molecular complexity index is 354. The molecule has 0 heterocycles. The van der Waals surface area contributed by atoms with Gasteiger partial charge in [0.25, 0.3) is 0 Å². The minimum absolute atomic E-state index is 0.125. The van der Waals surface area contributed by atoms with E-state index in [0.717, 1.165) is 32.1 Å². The Kier molecular flexibility index (Phi) is 6.34. The summed E-state index contributed by atoms with van der Waals surface area (Å²) in [5.74, 6) is -0.320. The van der Waals surface area contributed by atoms with E-state index in [4.69, 9.17) is 5.26 Å². The van der Waals surface area contributed by atoms with Gasteiger partial charge in [0.2, 0.25) is 5.91 Å². The molecule has 19 heavy (non-hydrogen) atoms. The third-order valence-corrected chi connectivity index (χ3v) is 3.68. The molecule has 1 N–H and O–H groups in total. The van der Waals surface area contributed by atoms with Crippen LogP contribution >= 0.6 is 0 Å². The summed E-state index contributed by atoms with van der Waals surface area (Å²) in [6.45, 7) is 0.573. The van der Waals surface area contributed by atoms with Crippen LogP contribution in [-0.4, -0.2) is 25.5 Å². The fourth-order valence-corrected chi connectivity index (χ4v) is 2.41. The van der Waals surface area contributed by atoms with Crippen LogP contribution in [0.25, 0.3) is 0 Å². The number of nitrogens with zero attached hydrogens (tertiary/aromatic N) is 1. The highest BCUT2D eigenvalue weighted by Gasteiger charge is 2.41.